The number of amides is 1. The van der Waals surface area contributed by atoms with Gasteiger partial charge in [-0.3, -0.25) is 4.79 Å². The molecule has 3 aromatic heterocycles. The van der Waals surface area contributed by atoms with Gasteiger partial charge in [0, 0.05) is 21.6 Å². The average Bonchev–Trinajstić information content (AvgIpc) is 3.00. The maximum atomic E-state index is 12.6. The van der Waals surface area contributed by atoms with Crippen LogP contribution in [0.5, 0.6) is 0 Å². The second kappa shape index (κ2) is 7.01. The van der Waals surface area contributed by atoms with Crippen LogP contribution in [0, 0.1) is 13.8 Å². The Kier molecular flexibility index (Phi) is 4.52. The first-order valence-corrected chi connectivity index (χ1v) is 9.10. The summed E-state index contributed by atoms with van der Waals surface area (Å²) >= 11 is 3.36. The van der Waals surface area contributed by atoms with Crippen molar-refractivity contribution in [3.63, 3.8) is 0 Å². The SMILES string of the molecule is Cc1cc(C)n(-c2cc(NC(=O)c3cc4cc(Br)ccc4oc3=O)ncn2)n1. The van der Waals surface area contributed by atoms with Crippen molar-refractivity contribution in [2.24, 2.45) is 0 Å². The van der Waals surface area contributed by atoms with Gasteiger partial charge in [0.2, 0.25) is 0 Å². The van der Waals surface area contributed by atoms with Crippen molar-refractivity contribution >= 4 is 38.6 Å². The molecule has 0 unspecified atom stereocenters. The van der Waals surface area contributed by atoms with Crippen LogP contribution in [0.1, 0.15) is 21.7 Å². The molecule has 4 rings (SSSR count). The minimum absolute atomic E-state index is 0.114. The zero-order valence-electron chi connectivity index (χ0n) is 14.9. The lowest BCUT2D eigenvalue weighted by Crippen LogP contribution is -2.21. The Morgan fingerprint density at radius 3 is 2.71 bits per heavy atom. The highest BCUT2D eigenvalue weighted by Gasteiger charge is 2.15. The highest BCUT2D eigenvalue weighted by atomic mass is 79.9. The molecule has 0 aliphatic carbocycles. The molecule has 0 radical (unpaired) electrons. The van der Waals surface area contributed by atoms with E-state index in [0.717, 1.165) is 15.9 Å². The predicted octanol–water partition coefficient (Wildman–Crippen LogP) is 3.40. The number of hydrogen-bond donors (Lipinski definition) is 1. The van der Waals surface area contributed by atoms with E-state index in [9.17, 15) is 9.59 Å². The summed E-state index contributed by atoms with van der Waals surface area (Å²) in [5.74, 6) is 0.135. The van der Waals surface area contributed by atoms with E-state index in [4.69, 9.17) is 4.42 Å². The Morgan fingerprint density at radius 2 is 1.96 bits per heavy atom. The third-order valence-corrected chi connectivity index (χ3v) is 4.55. The molecule has 4 aromatic rings. The van der Waals surface area contributed by atoms with Crippen LogP contribution >= 0.6 is 15.9 Å². The van der Waals surface area contributed by atoms with Crippen molar-refractivity contribution in [1.82, 2.24) is 19.7 Å². The zero-order chi connectivity index (χ0) is 19.8. The largest absolute Gasteiger partial charge is 0.422 e. The van der Waals surface area contributed by atoms with E-state index in [0.29, 0.717) is 16.8 Å². The summed E-state index contributed by atoms with van der Waals surface area (Å²) in [4.78, 5) is 33.0. The smallest absolute Gasteiger partial charge is 0.349 e. The summed E-state index contributed by atoms with van der Waals surface area (Å²) < 4.78 is 7.69. The molecule has 28 heavy (non-hydrogen) atoms. The minimum atomic E-state index is -0.722. The fraction of sp³-hybridized carbons (Fsp3) is 0.105. The molecule has 8 nitrogen and oxygen atoms in total. The highest BCUT2D eigenvalue weighted by Crippen LogP contribution is 2.20. The Morgan fingerprint density at radius 1 is 1.14 bits per heavy atom. The number of nitrogens with zero attached hydrogens (tertiary/aromatic N) is 4. The van der Waals surface area contributed by atoms with E-state index in [2.05, 4.69) is 36.3 Å². The van der Waals surface area contributed by atoms with Gasteiger partial charge >= 0.3 is 5.63 Å². The van der Waals surface area contributed by atoms with E-state index in [1.54, 1.807) is 28.9 Å². The van der Waals surface area contributed by atoms with Crippen LogP contribution in [0.2, 0.25) is 0 Å². The van der Waals surface area contributed by atoms with Crippen molar-refractivity contribution in [1.29, 1.82) is 0 Å². The summed E-state index contributed by atoms with van der Waals surface area (Å²) in [7, 11) is 0. The lowest BCUT2D eigenvalue weighted by Gasteiger charge is -2.07. The normalized spacial score (nSPS) is 11.0. The van der Waals surface area contributed by atoms with E-state index in [-0.39, 0.29) is 11.4 Å². The lowest BCUT2D eigenvalue weighted by atomic mass is 10.2. The van der Waals surface area contributed by atoms with Crippen LogP contribution in [-0.2, 0) is 0 Å². The predicted molar refractivity (Wildman–Crippen MR) is 107 cm³/mol. The summed E-state index contributed by atoms with van der Waals surface area (Å²) in [6, 6.07) is 10.2. The van der Waals surface area contributed by atoms with Crippen molar-refractivity contribution in [2.75, 3.05) is 5.32 Å². The van der Waals surface area contributed by atoms with Crippen LogP contribution in [-0.4, -0.2) is 25.7 Å². The van der Waals surface area contributed by atoms with Gasteiger partial charge in [0.1, 0.15) is 23.3 Å². The minimum Gasteiger partial charge on any atom is -0.422 e. The average molecular weight is 440 g/mol. The number of hydrogen-bond acceptors (Lipinski definition) is 6. The molecule has 0 atom stereocenters. The molecule has 3 heterocycles. The van der Waals surface area contributed by atoms with Crippen LogP contribution in [0.15, 0.2) is 56.4 Å². The van der Waals surface area contributed by atoms with Crippen molar-refractivity contribution in [2.45, 2.75) is 13.8 Å². The zero-order valence-corrected chi connectivity index (χ0v) is 16.5. The van der Waals surface area contributed by atoms with E-state index in [1.165, 1.54) is 12.4 Å². The van der Waals surface area contributed by atoms with Gasteiger partial charge in [0.05, 0.1) is 5.69 Å². The highest BCUT2D eigenvalue weighted by molar-refractivity contribution is 9.10. The molecule has 140 valence electrons. The molecule has 0 fully saturated rings. The Hall–Kier alpha value is -3.33. The molecule has 9 heteroatoms. The number of carbonyl (C=O) groups is 1. The molecule has 0 bridgehead atoms. The fourth-order valence-electron chi connectivity index (χ4n) is 2.83. The Balaban J connectivity index is 1.66. The van der Waals surface area contributed by atoms with Crippen LogP contribution in [0.25, 0.3) is 16.8 Å². The topological polar surface area (TPSA) is 103 Å². The number of nitrogens with one attached hydrogen (secondary N) is 1. The third-order valence-electron chi connectivity index (χ3n) is 4.06. The quantitative estimate of drug-likeness (QED) is 0.490. The molecule has 0 saturated heterocycles. The number of anilines is 1. The van der Waals surface area contributed by atoms with Gasteiger partial charge < -0.3 is 9.73 Å². The fourth-order valence-corrected chi connectivity index (χ4v) is 3.21. The summed E-state index contributed by atoms with van der Waals surface area (Å²) in [5.41, 5.74) is 1.31. The van der Waals surface area contributed by atoms with Crippen LogP contribution < -0.4 is 10.9 Å². The van der Waals surface area contributed by atoms with Gasteiger partial charge in [-0.15, -0.1) is 0 Å². The van der Waals surface area contributed by atoms with Crippen LogP contribution in [0.3, 0.4) is 0 Å². The van der Waals surface area contributed by atoms with Crippen molar-refractivity contribution in [3.05, 3.63) is 74.6 Å². The lowest BCUT2D eigenvalue weighted by molar-refractivity contribution is 0.102. The van der Waals surface area contributed by atoms with E-state index in [1.807, 2.05) is 19.9 Å². The number of aromatic nitrogens is 4. The van der Waals surface area contributed by atoms with E-state index < -0.39 is 11.5 Å². The molecule has 0 aliphatic heterocycles. The molecular formula is C19H14BrN5O3. The molecule has 0 aliphatic rings. The number of aryl methyl sites for hydroxylation is 2. The van der Waals surface area contributed by atoms with Gasteiger partial charge in [0.25, 0.3) is 5.91 Å². The molecule has 0 saturated carbocycles. The second-order valence-corrected chi connectivity index (χ2v) is 7.10. The summed E-state index contributed by atoms with van der Waals surface area (Å²) in [5, 5.41) is 7.60. The van der Waals surface area contributed by atoms with Gasteiger partial charge in [-0.1, -0.05) is 15.9 Å². The first-order chi connectivity index (χ1) is 13.4. The molecule has 1 N–H and O–H groups in total. The van der Waals surface area contributed by atoms with Crippen LogP contribution in [0.4, 0.5) is 5.82 Å². The number of benzene rings is 1. The maximum Gasteiger partial charge on any atom is 0.349 e. The molecular weight excluding hydrogens is 426 g/mol. The number of carbonyl (C=O) groups excluding carboxylic acids is 1. The van der Waals surface area contributed by atoms with Gasteiger partial charge in [-0.25, -0.2) is 19.4 Å². The molecule has 1 amide bonds. The second-order valence-electron chi connectivity index (χ2n) is 6.18. The molecule has 0 spiro atoms. The standard InChI is InChI=1S/C19H14BrN5O3/c1-10-5-11(2)25(24-10)17-8-16(21-9-22-17)23-18(26)14-7-12-6-13(20)3-4-15(12)28-19(14)27/h3-9H,1-2H3,(H,21,22,23,26). The monoisotopic (exact) mass is 439 g/mol. The van der Waals surface area contributed by atoms with Gasteiger partial charge in [0.15, 0.2) is 5.82 Å². The summed E-state index contributed by atoms with van der Waals surface area (Å²) in [6.45, 7) is 3.78. The van der Waals surface area contributed by atoms with Crippen molar-refractivity contribution in [3.8, 4) is 5.82 Å². The number of rotatable bonds is 3. The van der Waals surface area contributed by atoms with Gasteiger partial charge in [-0.05, 0) is 44.2 Å². The number of fused-ring (bicyclic) bond motifs is 1. The Labute approximate surface area is 167 Å². The van der Waals surface area contributed by atoms with Gasteiger partial charge in [-0.2, -0.15) is 5.10 Å². The van der Waals surface area contributed by atoms with E-state index >= 15 is 0 Å². The maximum absolute atomic E-state index is 12.6. The Bertz CT molecular complexity index is 1280. The first-order valence-electron chi connectivity index (χ1n) is 8.31. The number of halogens is 1. The van der Waals surface area contributed by atoms with Crippen molar-refractivity contribution < 1.29 is 9.21 Å². The first kappa shape index (κ1) is 18.1. The molecule has 1 aromatic carbocycles. The third kappa shape index (κ3) is 3.44. The summed E-state index contributed by atoms with van der Waals surface area (Å²) in [6.07, 6.45) is 1.32.